The van der Waals surface area contributed by atoms with E-state index in [9.17, 15) is 0 Å². The van der Waals surface area contributed by atoms with Gasteiger partial charge in [0.2, 0.25) is 0 Å². The minimum atomic E-state index is -0.0760. The molecular formula is C47H30N2O. The fraction of sp³-hybridized carbons (Fsp3) is 0.0638. The molecule has 3 nitrogen and oxygen atoms in total. The number of furan rings is 1. The molecule has 0 fully saturated rings. The third-order valence-electron chi connectivity index (χ3n) is 11.0. The third kappa shape index (κ3) is 3.75. The summed E-state index contributed by atoms with van der Waals surface area (Å²) in [7, 11) is 0. The smallest absolute Gasteiger partial charge is 0.136 e. The monoisotopic (exact) mass is 638 g/mol. The Morgan fingerprint density at radius 3 is 1.92 bits per heavy atom. The number of aromatic nitrogens is 2. The maximum atomic E-state index is 6.29. The Kier molecular flexibility index (Phi) is 5.45. The molecule has 0 atom stereocenters. The first-order valence-corrected chi connectivity index (χ1v) is 17.2. The van der Waals surface area contributed by atoms with Gasteiger partial charge < -0.3 is 4.42 Å². The number of para-hydroxylation sites is 3. The molecule has 0 saturated carbocycles. The van der Waals surface area contributed by atoms with Crippen LogP contribution in [0.15, 0.2) is 150 Å². The van der Waals surface area contributed by atoms with Crippen molar-refractivity contribution in [3.8, 4) is 33.6 Å². The lowest BCUT2D eigenvalue weighted by molar-refractivity contribution is 0.666. The second-order valence-electron chi connectivity index (χ2n) is 14.1. The van der Waals surface area contributed by atoms with Crippen LogP contribution in [0, 0.1) is 0 Å². The van der Waals surface area contributed by atoms with Gasteiger partial charge in [-0.15, -0.1) is 0 Å². The standard InChI is InChI=1S/C47H30N2O/c1-47(2)38-11-5-3-9-32(38)36-24-23-35-37(44(36)47)22-17-27-15-16-28-25-29(18-20-31(28)43(27)35)45-46(49-40-13-7-6-12-39(40)48-45)30-19-21-34-33-10-4-8-14-41(33)50-42(34)26-30/h3-26H,1-2H3. The lowest BCUT2D eigenvalue weighted by Gasteiger charge is -2.23. The van der Waals surface area contributed by atoms with Crippen molar-refractivity contribution in [1.29, 1.82) is 0 Å². The summed E-state index contributed by atoms with van der Waals surface area (Å²) in [6.45, 7) is 4.73. The van der Waals surface area contributed by atoms with Crippen LogP contribution in [-0.4, -0.2) is 9.97 Å². The zero-order chi connectivity index (χ0) is 33.1. The Bertz CT molecular complexity index is 3080. The fourth-order valence-corrected chi connectivity index (χ4v) is 8.69. The van der Waals surface area contributed by atoms with Gasteiger partial charge in [0.15, 0.2) is 0 Å². The molecular weight excluding hydrogens is 609 g/mol. The van der Waals surface area contributed by atoms with Crippen LogP contribution in [0.3, 0.4) is 0 Å². The van der Waals surface area contributed by atoms with E-state index in [1.807, 2.05) is 36.4 Å². The molecule has 0 bridgehead atoms. The molecule has 2 aromatic heterocycles. The van der Waals surface area contributed by atoms with E-state index in [4.69, 9.17) is 14.4 Å². The summed E-state index contributed by atoms with van der Waals surface area (Å²) in [6, 6.07) is 52.2. The van der Waals surface area contributed by atoms with E-state index >= 15 is 0 Å². The number of benzene rings is 8. The zero-order valence-electron chi connectivity index (χ0n) is 27.7. The molecule has 1 aliphatic rings. The van der Waals surface area contributed by atoms with Gasteiger partial charge in [0.05, 0.1) is 22.4 Å². The number of fused-ring (bicyclic) bond motifs is 13. The summed E-state index contributed by atoms with van der Waals surface area (Å²) < 4.78 is 6.29. The molecule has 1 aliphatic carbocycles. The number of nitrogens with zero attached hydrogens (tertiary/aromatic N) is 2. The third-order valence-corrected chi connectivity index (χ3v) is 11.0. The Hall–Kier alpha value is -6.32. The molecule has 3 heteroatoms. The van der Waals surface area contributed by atoms with Crippen LogP contribution in [0.5, 0.6) is 0 Å². The highest BCUT2D eigenvalue weighted by Gasteiger charge is 2.36. The molecule has 10 aromatic rings. The van der Waals surface area contributed by atoms with Crippen LogP contribution in [0.1, 0.15) is 25.0 Å². The van der Waals surface area contributed by atoms with E-state index in [-0.39, 0.29) is 5.41 Å². The predicted molar refractivity (Wildman–Crippen MR) is 208 cm³/mol. The minimum Gasteiger partial charge on any atom is -0.456 e. The maximum absolute atomic E-state index is 6.29. The highest BCUT2D eigenvalue weighted by Crippen LogP contribution is 2.52. The average molecular weight is 639 g/mol. The highest BCUT2D eigenvalue weighted by molar-refractivity contribution is 6.22. The van der Waals surface area contributed by atoms with Crippen LogP contribution in [0.25, 0.3) is 98.9 Å². The van der Waals surface area contributed by atoms with Crippen LogP contribution in [-0.2, 0) is 5.41 Å². The van der Waals surface area contributed by atoms with Gasteiger partial charge >= 0.3 is 0 Å². The first kappa shape index (κ1) is 27.6. The van der Waals surface area contributed by atoms with Gasteiger partial charge in [0.1, 0.15) is 11.2 Å². The Morgan fingerprint density at radius 2 is 1.08 bits per heavy atom. The first-order chi connectivity index (χ1) is 24.5. The van der Waals surface area contributed by atoms with E-state index in [0.29, 0.717) is 0 Å². The van der Waals surface area contributed by atoms with Crippen molar-refractivity contribution < 1.29 is 4.42 Å². The summed E-state index contributed by atoms with van der Waals surface area (Å²) in [4.78, 5) is 10.5. The number of rotatable bonds is 2. The zero-order valence-corrected chi connectivity index (χ0v) is 27.7. The summed E-state index contributed by atoms with van der Waals surface area (Å²) in [5.74, 6) is 0. The van der Waals surface area contributed by atoms with E-state index in [0.717, 1.165) is 55.5 Å². The van der Waals surface area contributed by atoms with Gasteiger partial charge in [-0.25, -0.2) is 9.97 Å². The molecule has 234 valence electrons. The lowest BCUT2D eigenvalue weighted by Crippen LogP contribution is -2.15. The van der Waals surface area contributed by atoms with Crippen molar-refractivity contribution in [1.82, 2.24) is 9.97 Å². The maximum Gasteiger partial charge on any atom is 0.136 e. The van der Waals surface area contributed by atoms with Crippen LogP contribution < -0.4 is 0 Å². The highest BCUT2D eigenvalue weighted by atomic mass is 16.3. The molecule has 50 heavy (non-hydrogen) atoms. The fourth-order valence-electron chi connectivity index (χ4n) is 8.69. The van der Waals surface area contributed by atoms with Crippen molar-refractivity contribution in [2.24, 2.45) is 0 Å². The Morgan fingerprint density at radius 1 is 0.460 bits per heavy atom. The van der Waals surface area contributed by atoms with Crippen molar-refractivity contribution in [2.45, 2.75) is 19.3 Å². The van der Waals surface area contributed by atoms with Gasteiger partial charge in [0, 0.05) is 27.3 Å². The van der Waals surface area contributed by atoms with E-state index < -0.39 is 0 Å². The van der Waals surface area contributed by atoms with Crippen LogP contribution in [0.2, 0.25) is 0 Å². The minimum absolute atomic E-state index is 0.0760. The molecule has 0 N–H and O–H groups in total. The molecule has 0 amide bonds. The average Bonchev–Trinajstić information content (AvgIpc) is 3.65. The second-order valence-corrected chi connectivity index (χ2v) is 14.1. The molecule has 2 heterocycles. The number of hydrogen-bond acceptors (Lipinski definition) is 3. The summed E-state index contributed by atoms with van der Waals surface area (Å²) in [6.07, 6.45) is 0. The molecule has 11 rings (SSSR count). The van der Waals surface area contributed by atoms with Crippen molar-refractivity contribution >= 4 is 65.3 Å². The number of hydrogen-bond donors (Lipinski definition) is 0. The van der Waals surface area contributed by atoms with E-state index in [1.165, 1.54) is 54.6 Å². The van der Waals surface area contributed by atoms with Crippen LogP contribution >= 0.6 is 0 Å². The molecule has 0 unspecified atom stereocenters. The Balaban J connectivity index is 1.13. The summed E-state index contributed by atoms with van der Waals surface area (Å²) >= 11 is 0. The van der Waals surface area contributed by atoms with Gasteiger partial charge in [-0.3, -0.25) is 0 Å². The van der Waals surface area contributed by atoms with Gasteiger partial charge in [-0.2, -0.15) is 0 Å². The SMILES string of the molecule is CC1(C)c2ccccc2-c2ccc3c(ccc4ccc5cc(-c6nc7ccccc7nc6-c6ccc7c(c6)oc6ccccc67)ccc5c43)c21. The van der Waals surface area contributed by atoms with Crippen molar-refractivity contribution in [2.75, 3.05) is 0 Å². The molecule has 0 aliphatic heterocycles. The van der Waals surface area contributed by atoms with Crippen molar-refractivity contribution in [3.63, 3.8) is 0 Å². The van der Waals surface area contributed by atoms with Gasteiger partial charge in [-0.05, 0) is 91.0 Å². The lowest BCUT2D eigenvalue weighted by atomic mass is 9.79. The van der Waals surface area contributed by atoms with Crippen LogP contribution in [0.4, 0.5) is 0 Å². The quantitative estimate of drug-likeness (QED) is 0.177. The molecule has 0 spiro atoms. The molecule has 0 saturated heterocycles. The molecule has 0 radical (unpaired) electrons. The Labute approximate surface area is 288 Å². The summed E-state index contributed by atoms with van der Waals surface area (Å²) in [5.41, 5.74) is 12.6. The van der Waals surface area contributed by atoms with Gasteiger partial charge in [0.25, 0.3) is 0 Å². The second kappa shape index (κ2) is 9.87. The molecule has 8 aromatic carbocycles. The van der Waals surface area contributed by atoms with E-state index in [2.05, 4.69) is 123 Å². The normalized spacial score (nSPS) is 13.6. The predicted octanol–water partition coefficient (Wildman–Crippen LogP) is 12.6. The largest absolute Gasteiger partial charge is 0.456 e. The topological polar surface area (TPSA) is 38.9 Å². The van der Waals surface area contributed by atoms with E-state index in [1.54, 1.807) is 0 Å². The summed E-state index contributed by atoms with van der Waals surface area (Å²) in [5, 5.41) is 9.80. The first-order valence-electron chi connectivity index (χ1n) is 17.2. The van der Waals surface area contributed by atoms with Gasteiger partial charge in [-0.1, -0.05) is 123 Å². The van der Waals surface area contributed by atoms with Crippen molar-refractivity contribution in [3.05, 3.63) is 157 Å².